The summed E-state index contributed by atoms with van der Waals surface area (Å²) < 4.78 is 27.4. The van der Waals surface area contributed by atoms with Gasteiger partial charge in [0.15, 0.2) is 0 Å². The molecular formula is C13H19F2NO. The topological polar surface area (TPSA) is 32.3 Å². The van der Waals surface area contributed by atoms with Gasteiger partial charge in [0, 0.05) is 17.7 Å². The Morgan fingerprint density at radius 3 is 2.47 bits per heavy atom. The number of aliphatic hydroxyl groups excluding tert-OH is 1. The second-order valence-corrected chi connectivity index (χ2v) is 4.42. The number of aliphatic hydroxyl groups is 1. The molecule has 96 valence electrons. The molecule has 0 saturated heterocycles. The summed E-state index contributed by atoms with van der Waals surface area (Å²) >= 11 is 0. The first-order chi connectivity index (χ1) is 7.94. The van der Waals surface area contributed by atoms with E-state index in [9.17, 15) is 8.78 Å². The standard InChI is InChI=1S/C13H19F2NO/c1-4-16-13(3,5-6-17)10-8-11(14)9(2)7-12(10)15/h7-8,16-17H,4-6H2,1-3H3. The number of nitrogens with one attached hydrogen (secondary N) is 1. The molecular weight excluding hydrogens is 224 g/mol. The summed E-state index contributed by atoms with van der Waals surface area (Å²) in [6, 6.07) is 2.40. The molecule has 2 N–H and O–H groups in total. The lowest BCUT2D eigenvalue weighted by molar-refractivity contribution is 0.219. The minimum Gasteiger partial charge on any atom is -0.396 e. The molecule has 0 aliphatic heterocycles. The molecule has 0 bridgehead atoms. The first-order valence-corrected chi connectivity index (χ1v) is 5.76. The number of aryl methyl sites for hydroxylation is 1. The van der Waals surface area contributed by atoms with Crippen molar-refractivity contribution in [2.75, 3.05) is 13.2 Å². The molecule has 0 aliphatic rings. The molecule has 0 aromatic heterocycles. The third kappa shape index (κ3) is 3.01. The zero-order valence-corrected chi connectivity index (χ0v) is 10.5. The normalized spacial score (nSPS) is 14.7. The molecule has 0 saturated carbocycles. The van der Waals surface area contributed by atoms with Gasteiger partial charge in [-0.3, -0.25) is 0 Å². The van der Waals surface area contributed by atoms with Gasteiger partial charge < -0.3 is 10.4 Å². The second kappa shape index (κ2) is 5.56. The molecule has 0 heterocycles. The van der Waals surface area contributed by atoms with E-state index in [1.807, 2.05) is 6.92 Å². The van der Waals surface area contributed by atoms with E-state index in [1.54, 1.807) is 6.92 Å². The fourth-order valence-electron chi connectivity index (χ4n) is 2.00. The summed E-state index contributed by atoms with van der Waals surface area (Å²) in [6.45, 7) is 5.71. The SMILES string of the molecule is CCNC(C)(CCO)c1cc(F)c(C)cc1F. The summed E-state index contributed by atoms with van der Waals surface area (Å²) in [5.74, 6) is -0.871. The van der Waals surface area contributed by atoms with Crippen LogP contribution in [0.3, 0.4) is 0 Å². The van der Waals surface area contributed by atoms with Gasteiger partial charge in [-0.2, -0.15) is 0 Å². The van der Waals surface area contributed by atoms with Crippen LogP contribution in [0.4, 0.5) is 8.78 Å². The maximum atomic E-state index is 13.9. The number of hydrogen-bond acceptors (Lipinski definition) is 2. The van der Waals surface area contributed by atoms with Crippen molar-refractivity contribution >= 4 is 0 Å². The molecule has 0 spiro atoms. The average molecular weight is 243 g/mol. The van der Waals surface area contributed by atoms with Crippen LogP contribution in [0.5, 0.6) is 0 Å². The van der Waals surface area contributed by atoms with Crippen molar-refractivity contribution in [2.24, 2.45) is 0 Å². The third-order valence-corrected chi connectivity index (χ3v) is 3.02. The lowest BCUT2D eigenvalue weighted by Crippen LogP contribution is -2.41. The summed E-state index contributed by atoms with van der Waals surface area (Å²) in [4.78, 5) is 0. The molecule has 1 aromatic carbocycles. The minimum atomic E-state index is -0.748. The van der Waals surface area contributed by atoms with Crippen LogP contribution in [0, 0.1) is 18.6 Å². The zero-order chi connectivity index (χ0) is 13.1. The van der Waals surface area contributed by atoms with Gasteiger partial charge in [-0.1, -0.05) is 6.92 Å². The Labute approximate surface area is 101 Å². The highest BCUT2D eigenvalue weighted by Crippen LogP contribution is 2.28. The predicted molar refractivity (Wildman–Crippen MR) is 63.8 cm³/mol. The molecule has 4 heteroatoms. The Hall–Kier alpha value is -1.00. The Bertz CT molecular complexity index is 387. The van der Waals surface area contributed by atoms with Crippen LogP contribution in [-0.2, 0) is 5.54 Å². The van der Waals surface area contributed by atoms with E-state index in [0.29, 0.717) is 13.0 Å². The summed E-state index contributed by atoms with van der Waals surface area (Å²) in [6.07, 6.45) is 0.334. The average Bonchev–Trinajstić information content (AvgIpc) is 2.24. The van der Waals surface area contributed by atoms with Crippen LogP contribution in [0.1, 0.15) is 31.4 Å². The Kier molecular flexibility index (Phi) is 4.60. The van der Waals surface area contributed by atoms with Crippen molar-refractivity contribution < 1.29 is 13.9 Å². The molecule has 1 rings (SSSR count). The quantitative estimate of drug-likeness (QED) is 0.832. The van der Waals surface area contributed by atoms with Gasteiger partial charge in [-0.05, 0) is 44.5 Å². The van der Waals surface area contributed by atoms with E-state index in [4.69, 9.17) is 5.11 Å². The van der Waals surface area contributed by atoms with Crippen LogP contribution >= 0.6 is 0 Å². The van der Waals surface area contributed by atoms with Crippen molar-refractivity contribution in [1.29, 1.82) is 0 Å². The Balaban J connectivity index is 3.22. The van der Waals surface area contributed by atoms with Crippen molar-refractivity contribution in [3.05, 3.63) is 34.9 Å². The molecule has 0 radical (unpaired) electrons. The molecule has 1 unspecified atom stereocenters. The molecule has 1 atom stereocenters. The van der Waals surface area contributed by atoms with E-state index in [0.717, 1.165) is 0 Å². The number of halogens is 2. The van der Waals surface area contributed by atoms with Crippen molar-refractivity contribution in [2.45, 2.75) is 32.7 Å². The zero-order valence-electron chi connectivity index (χ0n) is 10.5. The fourth-order valence-corrected chi connectivity index (χ4v) is 2.00. The Morgan fingerprint density at radius 1 is 1.29 bits per heavy atom. The monoisotopic (exact) mass is 243 g/mol. The predicted octanol–water partition coefficient (Wildman–Crippen LogP) is 2.48. The molecule has 17 heavy (non-hydrogen) atoms. The van der Waals surface area contributed by atoms with Crippen LogP contribution in [0.25, 0.3) is 0 Å². The maximum Gasteiger partial charge on any atom is 0.128 e. The van der Waals surface area contributed by atoms with E-state index in [2.05, 4.69) is 5.32 Å². The molecule has 2 nitrogen and oxygen atoms in total. The van der Waals surface area contributed by atoms with Crippen molar-refractivity contribution in [3.8, 4) is 0 Å². The van der Waals surface area contributed by atoms with Crippen LogP contribution in [-0.4, -0.2) is 18.3 Å². The van der Waals surface area contributed by atoms with E-state index in [-0.39, 0.29) is 17.7 Å². The minimum absolute atomic E-state index is 0.0849. The van der Waals surface area contributed by atoms with E-state index in [1.165, 1.54) is 19.1 Å². The highest BCUT2D eigenvalue weighted by molar-refractivity contribution is 5.30. The van der Waals surface area contributed by atoms with Gasteiger partial charge in [0.2, 0.25) is 0 Å². The largest absolute Gasteiger partial charge is 0.396 e. The number of rotatable bonds is 5. The summed E-state index contributed by atoms with van der Waals surface area (Å²) in [7, 11) is 0. The summed E-state index contributed by atoms with van der Waals surface area (Å²) in [5.41, 5.74) is -0.201. The second-order valence-electron chi connectivity index (χ2n) is 4.42. The number of hydrogen-bond donors (Lipinski definition) is 2. The van der Waals surface area contributed by atoms with Gasteiger partial charge in [0.1, 0.15) is 11.6 Å². The van der Waals surface area contributed by atoms with Crippen LogP contribution < -0.4 is 5.32 Å². The van der Waals surface area contributed by atoms with Gasteiger partial charge in [-0.25, -0.2) is 8.78 Å². The van der Waals surface area contributed by atoms with Crippen molar-refractivity contribution in [1.82, 2.24) is 5.32 Å². The molecule has 0 aliphatic carbocycles. The van der Waals surface area contributed by atoms with Crippen molar-refractivity contribution in [3.63, 3.8) is 0 Å². The summed E-state index contributed by atoms with van der Waals surface area (Å²) in [5, 5.41) is 12.1. The number of benzene rings is 1. The lowest BCUT2D eigenvalue weighted by atomic mass is 9.87. The van der Waals surface area contributed by atoms with Gasteiger partial charge >= 0.3 is 0 Å². The fraction of sp³-hybridized carbons (Fsp3) is 0.538. The first kappa shape index (κ1) is 14.1. The maximum absolute atomic E-state index is 13.9. The Morgan fingerprint density at radius 2 is 1.94 bits per heavy atom. The van der Waals surface area contributed by atoms with Gasteiger partial charge in [0.25, 0.3) is 0 Å². The molecule has 0 fully saturated rings. The third-order valence-electron chi connectivity index (χ3n) is 3.02. The highest BCUT2D eigenvalue weighted by atomic mass is 19.1. The van der Waals surface area contributed by atoms with Gasteiger partial charge in [0.05, 0.1) is 0 Å². The van der Waals surface area contributed by atoms with E-state index < -0.39 is 17.2 Å². The highest BCUT2D eigenvalue weighted by Gasteiger charge is 2.28. The first-order valence-electron chi connectivity index (χ1n) is 5.76. The van der Waals surface area contributed by atoms with Crippen LogP contribution in [0.15, 0.2) is 12.1 Å². The molecule has 1 aromatic rings. The van der Waals surface area contributed by atoms with Gasteiger partial charge in [-0.15, -0.1) is 0 Å². The van der Waals surface area contributed by atoms with E-state index >= 15 is 0 Å². The smallest absolute Gasteiger partial charge is 0.128 e. The molecule has 0 amide bonds. The van der Waals surface area contributed by atoms with Crippen LogP contribution in [0.2, 0.25) is 0 Å². The lowest BCUT2D eigenvalue weighted by Gasteiger charge is -2.31.